The molecule has 1 saturated carbocycles. The van der Waals surface area contributed by atoms with Crippen molar-refractivity contribution in [2.45, 2.75) is 59.3 Å². The molecule has 0 saturated heterocycles. The van der Waals surface area contributed by atoms with Crippen molar-refractivity contribution in [1.29, 1.82) is 0 Å². The van der Waals surface area contributed by atoms with Gasteiger partial charge in [0, 0.05) is 30.6 Å². The molecule has 0 spiro atoms. The highest BCUT2D eigenvalue weighted by Crippen LogP contribution is 2.41. The number of hydrogen-bond acceptors (Lipinski definition) is 3. The monoisotopic (exact) mass is 417 g/mol. The fourth-order valence-corrected chi connectivity index (χ4v) is 5.27. The van der Waals surface area contributed by atoms with Crippen LogP contribution < -0.4 is 0 Å². The van der Waals surface area contributed by atoms with Crippen molar-refractivity contribution < 1.29 is 14.3 Å². The molecular weight excluding hydrogens is 385 g/mol. The molecule has 0 unspecified atom stereocenters. The van der Waals surface area contributed by atoms with Gasteiger partial charge in [0.1, 0.15) is 11.6 Å². The summed E-state index contributed by atoms with van der Waals surface area (Å²) in [4.78, 5) is 15.3. The van der Waals surface area contributed by atoms with E-state index in [1.54, 1.807) is 0 Å². The van der Waals surface area contributed by atoms with Gasteiger partial charge >= 0.3 is 5.97 Å². The molecule has 0 radical (unpaired) electrons. The van der Waals surface area contributed by atoms with E-state index in [-0.39, 0.29) is 12.1 Å². The Bertz CT molecular complexity index is 831. The minimum absolute atomic E-state index is 0.136. The summed E-state index contributed by atoms with van der Waals surface area (Å²) in [5, 5.41) is 9.87. The molecule has 1 aromatic heterocycles. The molecule has 0 amide bonds. The number of nitrogens with zero attached hydrogens (tertiary/aromatic N) is 1. The van der Waals surface area contributed by atoms with Gasteiger partial charge in [0.2, 0.25) is 0 Å². The zero-order valence-electron chi connectivity index (χ0n) is 17.8. The van der Waals surface area contributed by atoms with E-state index < -0.39 is 5.97 Å². The standard InChI is InChI=1S/C24H32FNO2S/c1-24(2,3)11-9-18-15-20(22(29-18)23(27)28)21-16-26(14-12-25)13-10-19(21)17-7-5-4-6-8-17/h15,17H,4-8,10,12-14,16H2,1-3H3,(H,27,28). The lowest BCUT2D eigenvalue weighted by molar-refractivity contribution is 0.0701. The van der Waals surface area contributed by atoms with E-state index in [9.17, 15) is 14.3 Å². The number of aromatic carboxylic acids is 1. The van der Waals surface area contributed by atoms with Crippen LogP contribution >= 0.6 is 11.3 Å². The van der Waals surface area contributed by atoms with E-state index in [2.05, 4.69) is 16.7 Å². The Kier molecular flexibility index (Phi) is 7.19. The molecule has 0 atom stereocenters. The number of carboxylic acid groups (broad SMARTS) is 1. The summed E-state index contributed by atoms with van der Waals surface area (Å²) >= 11 is 1.27. The van der Waals surface area contributed by atoms with E-state index in [0.717, 1.165) is 29.0 Å². The van der Waals surface area contributed by atoms with Crippen LogP contribution in [0.4, 0.5) is 4.39 Å². The van der Waals surface area contributed by atoms with Crippen molar-refractivity contribution >= 4 is 22.9 Å². The van der Waals surface area contributed by atoms with E-state index in [1.807, 2.05) is 26.8 Å². The number of halogens is 1. The van der Waals surface area contributed by atoms with Gasteiger partial charge in [-0.25, -0.2) is 9.18 Å². The van der Waals surface area contributed by atoms with E-state index in [4.69, 9.17) is 0 Å². The minimum Gasteiger partial charge on any atom is -0.477 e. The highest BCUT2D eigenvalue weighted by molar-refractivity contribution is 7.14. The quantitative estimate of drug-likeness (QED) is 0.611. The average Bonchev–Trinajstić information content (AvgIpc) is 3.11. The lowest BCUT2D eigenvalue weighted by Gasteiger charge is -2.35. The average molecular weight is 418 g/mol. The zero-order valence-corrected chi connectivity index (χ0v) is 18.6. The molecule has 1 aliphatic heterocycles. The molecule has 29 heavy (non-hydrogen) atoms. The van der Waals surface area contributed by atoms with E-state index in [1.165, 1.54) is 49.0 Å². The topological polar surface area (TPSA) is 40.5 Å². The summed E-state index contributed by atoms with van der Waals surface area (Å²) in [5.41, 5.74) is 3.21. The molecule has 1 N–H and O–H groups in total. The Morgan fingerprint density at radius 3 is 2.66 bits per heavy atom. The van der Waals surface area contributed by atoms with Crippen LogP contribution in [0.15, 0.2) is 11.6 Å². The molecule has 5 heteroatoms. The number of hydrogen-bond donors (Lipinski definition) is 1. The van der Waals surface area contributed by atoms with Crippen LogP contribution in [0.1, 0.15) is 79.4 Å². The predicted octanol–water partition coefficient (Wildman–Crippen LogP) is 5.85. The maximum absolute atomic E-state index is 13.0. The Labute approximate surface area is 178 Å². The first-order chi connectivity index (χ1) is 13.8. The summed E-state index contributed by atoms with van der Waals surface area (Å²) in [7, 11) is 0. The summed E-state index contributed by atoms with van der Waals surface area (Å²) in [6, 6.07) is 1.96. The van der Waals surface area contributed by atoms with Gasteiger partial charge < -0.3 is 5.11 Å². The van der Waals surface area contributed by atoms with E-state index >= 15 is 0 Å². The first-order valence-electron chi connectivity index (χ1n) is 10.7. The van der Waals surface area contributed by atoms with Crippen molar-refractivity contribution in [3.05, 3.63) is 27.0 Å². The first kappa shape index (κ1) is 22.1. The van der Waals surface area contributed by atoms with Crippen LogP contribution in [0.3, 0.4) is 0 Å². The molecule has 1 aliphatic carbocycles. The molecule has 2 heterocycles. The molecule has 3 nitrogen and oxygen atoms in total. The molecular formula is C24H32FNO2S. The Balaban J connectivity index is 2.06. The number of alkyl halides is 1. The van der Waals surface area contributed by atoms with Gasteiger partial charge in [-0.1, -0.05) is 36.7 Å². The molecule has 1 aromatic rings. The SMILES string of the molecule is CC(C)(C)C#Cc1cc(C2=C(C3CCCCC3)CCN(CCF)C2)c(C(=O)O)s1. The van der Waals surface area contributed by atoms with Gasteiger partial charge in [0.25, 0.3) is 0 Å². The Morgan fingerprint density at radius 1 is 1.31 bits per heavy atom. The minimum atomic E-state index is -0.896. The van der Waals surface area contributed by atoms with Gasteiger partial charge in [0.05, 0.1) is 4.88 Å². The number of rotatable bonds is 5. The highest BCUT2D eigenvalue weighted by atomic mass is 32.1. The van der Waals surface area contributed by atoms with Crippen LogP contribution in [0.25, 0.3) is 5.57 Å². The van der Waals surface area contributed by atoms with Crippen molar-refractivity contribution in [3.8, 4) is 11.8 Å². The fraction of sp³-hybridized carbons (Fsp3) is 0.625. The second-order valence-electron chi connectivity index (χ2n) is 9.21. The summed E-state index contributed by atoms with van der Waals surface area (Å²) in [5.74, 6) is 6.04. The maximum Gasteiger partial charge on any atom is 0.346 e. The van der Waals surface area contributed by atoms with Crippen molar-refractivity contribution in [1.82, 2.24) is 4.90 Å². The normalized spacial score (nSPS) is 19.2. The maximum atomic E-state index is 13.0. The smallest absolute Gasteiger partial charge is 0.346 e. The van der Waals surface area contributed by atoms with Crippen LogP contribution in [0.2, 0.25) is 0 Å². The second-order valence-corrected chi connectivity index (χ2v) is 10.3. The van der Waals surface area contributed by atoms with Crippen LogP contribution in [0, 0.1) is 23.2 Å². The van der Waals surface area contributed by atoms with Gasteiger partial charge in [0.15, 0.2) is 0 Å². The molecule has 1 fully saturated rings. The molecule has 2 aliphatic rings. The molecule has 158 valence electrons. The van der Waals surface area contributed by atoms with Gasteiger partial charge in [-0.15, -0.1) is 11.3 Å². The number of thiophene rings is 1. The van der Waals surface area contributed by atoms with Crippen molar-refractivity contribution in [3.63, 3.8) is 0 Å². The first-order valence-corrected chi connectivity index (χ1v) is 11.5. The molecule has 0 bridgehead atoms. The van der Waals surface area contributed by atoms with Gasteiger partial charge in [-0.2, -0.15) is 0 Å². The third-order valence-corrected chi connectivity index (χ3v) is 6.82. The lowest BCUT2D eigenvalue weighted by Crippen LogP contribution is -2.34. The second kappa shape index (κ2) is 9.45. The van der Waals surface area contributed by atoms with Crippen LogP contribution in [-0.4, -0.2) is 42.3 Å². The van der Waals surface area contributed by atoms with Crippen LogP contribution in [0.5, 0.6) is 0 Å². The number of carboxylic acids is 1. The third kappa shape index (κ3) is 5.71. The zero-order chi connectivity index (χ0) is 21.0. The lowest BCUT2D eigenvalue weighted by atomic mass is 9.78. The Hall–Kier alpha value is -1.64. The molecule has 3 rings (SSSR count). The fourth-order valence-electron chi connectivity index (χ4n) is 4.39. The van der Waals surface area contributed by atoms with Crippen LogP contribution in [-0.2, 0) is 0 Å². The Morgan fingerprint density at radius 2 is 2.03 bits per heavy atom. The summed E-state index contributed by atoms with van der Waals surface area (Å²) in [6.07, 6.45) is 7.06. The van der Waals surface area contributed by atoms with Gasteiger partial charge in [-0.3, -0.25) is 4.90 Å². The highest BCUT2D eigenvalue weighted by Gasteiger charge is 2.29. The summed E-state index contributed by atoms with van der Waals surface area (Å²) < 4.78 is 13.0. The largest absolute Gasteiger partial charge is 0.477 e. The van der Waals surface area contributed by atoms with E-state index in [0.29, 0.717) is 23.9 Å². The third-order valence-electron chi connectivity index (χ3n) is 5.78. The molecule has 0 aromatic carbocycles. The predicted molar refractivity (Wildman–Crippen MR) is 118 cm³/mol. The number of carbonyl (C=O) groups is 1. The summed E-state index contributed by atoms with van der Waals surface area (Å²) in [6.45, 7) is 7.68. The van der Waals surface area contributed by atoms with Crippen molar-refractivity contribution in [2.24, 2.45) is 11.3 Å². The van der Waals surface area contributed by atoms with Crippen molar-refractivity contribution in [2.75, 3.05) is 26.3 Å². The van der Waals surface area contributed by atoms with Gasteiger partial charge in [-0.05, 0) is 57.6 Å².